The molecule has 4 heteroatoms. The fraction of sp³-hybridized carbons (Fsp3) is 0.417. The second kappa shape index (κ2) is 4.17. The number of carbonyl (C=O) groups is 1. The van der Waals surface area contributed by atoms with Crippen molar-refractivity contribution in [2.24, 2.45) is 0 Å². The van der Waals surface area contributed by atoms with Crippen molar-refractivity contribution >= 4 is 21.9 Å². The van der Waals surface area contributed by atoms with Crippen LogP contribution >= 0.6 is 15.9 Å². The molecule has 1 N–H and O–H groups in total. The summed E-state index contributed by atoms with van der Waals surface area (Å²) in [5.41, 5.74) is 0.594. The highest BCUT2D eigenvalue weighted by Gasteiger charge is 2.45. The molecule has 0 amide bonds. The smallest absolute Gasteiger partial charge is 0.314 e. The molecule has 0 spiro atoms. The average molecular weight is 287 g/mol. The third-order valence-corrected chi connectivity index (χ3v) is 4.10. The Hall–Kier alpha value is -0.900. The van der Waals surface area contributed by atoms with Crippen LogP contribution in [0.15, 0.2) is 22.7 Å². The minimum atomic E-state index is -0.779. The van der Waals surface area contributed by atoms with Gasteiger partial charge in [0.2, 0.25) is 0 Å². The molecule has 0 saturated heterocycles. The lowest BCUT2D eigenvalue weighted by Gasteiger charge is -2.38. The van der Waals surface area contributed by atoms with Crippen LogP contribution in [0.25, 0.3) is 0 Å². The van der Waals surface area contributed by atoms with Crippen molar-refractivity contribution in [2.75, 3.05) is 0 Å². The molecule has 2 rings (SSSR count). The van der Waals surface area contributed by atoms with Gasteiger partial charge in [-0.05, 0) is 30.0 Å². The number of alkyl halides is 1. The largest absolute Gasteiger partial charge is 0.481 e. The summed E-state index contributed by atoms with van der Waals surface area (Å²) in [5, 5.41) is 9.27. The molecule has 1 fully saturated rings. The van der Waals surface area contributed by atoms with E-state index in [4.69, 9.17) is 0 Å². The van der Waals surface area contributed by atoms with E-state index < -0.39 is 18.1 Å². The number of carboxylic acid groups (broad SMARTS) is 1. The Morgan fingerprint density at radius 1 is 1.50 bits per heavy atom. The fourth-order valence-corrected chi connectivity index (χ4v) is 2.59. The van der Waals surface area contributed by atoms with Crippen molar-refractivity contribution < 1.29 is 14.3 Å². The fourth-order valence-electron chi connectivity index (χ4n) is 2.11. The lowest BCUT2D eigenvalue weighted by molar-refractivity contribution is -0.147. The van der Waals surface area contributed by atoms with Gasteiger partial charge in [0.05, 0.1) is 5.41 Å². The van der Waals surface area contributed by atoms with Crippen molar-refractivity contribution in [1.29, 1.82) is 0 Å². The van der Waals surface area contributed by atoms with Crippen LogP contribution in [0.3, 0.4) is 0 Å². The first-order valence-corrected chi connectivity index (χ1v) is 5.98. The van der Waals surface area contributed by atoms with Crippen molar-refractivity contribution in [3.63, 3.8) is 0 Å². The topological polar surface area (TPSA) is 37.3 Å². The second-order valence-corrected chi connectivity index (χ2v) is 5.03. The zero-order valence-corrected chi connectivity index (χ0v) is 10.3. The van der Waals surface area contributed by atoms with Crippen molar-refractivity contribution in [3.05, 3.63) is 33.8 Å². The Labute approximate surface area is 102 Å². The van der Waals surface area contributed by atoms with Crippen LogP contribution in [0.5, 0.6) is 0 Å². The molecule has 0 bridgehead atoms. The van der Waals surface area contributed by atoms with E-state index in [1.165, 1.54) is 0 Å². The van der Waals surface area contributed by atoms with Crippen LogP contribution in [-0.4, -0.2) is 11.1 Å². The third-order valence-electron chi connectivity index (χ3n) is 3.37. The zero-order chi connectivity index (χ0) is 11.8. The lowest BCUT2D eigenvalue weighted by atomic mass is 9.64. The van der Waals surface area contributed by atoms with Gasteiger partial charge in [-0.3, -0.25) is 4.79 Å². The van der Waals surface area contributed by atoms with E-state index in [0.717, 1.165) is 12.0 Å². The highest BCUT2D eigenvalue weighted by molar-refractivity contribution is 9.10. The molecule has 0 unspecified atom stereocenters. The van der Waals surface area contributed by atoms with E-state index >= 15 is 0 Å². The van der Waals surface area contributed by atoms with Gasteiger partial charge in [0.15, 0.2) is 0 Å². The Bertz CT molecular complexity index is 427. The molecule has 0 aromatic heterocycles. The molecule has 0 radical (unpaired) electrons. The number of rotatable bonds is 3. The van der Waals surface area contributed by atoms with Gasteiger partial charge < -0.3 is 5.11 Å². The van der Waals surface area contributed by atoms with Crippen LogP contribution in [0.1, 0.15) is 30.4 Å². The summed E-state index contributed by atoms with van der Waals surface area (Å²) in [6.45, 7) is -0.541. The van der Waals surface area contributed by atoms with Gasteiger partial charge in [-0.25, -0.2) is 4.39 Å². The zero-order valence-electron chi connectivity index (χ0n) is 8.67. The first kappa shape index (κ1) is 11.6. The molecule has 2 nitrogen and oxygen atoms in total. The quantitative estimate of drug-likeness (QED) is 0.924. The van der Waals surface area contributed by atoms with E-state index in [2.05, 4.69) is 15.9 Å². The highest BCUT2D eigenvalue weighted by Crippen LogP contribution is 2.44. The maximum absolute atomic E-state index is 12.5. The minimum absolute atomic E-state index is 0.541. The number of carboxylic acids is 1. The summed E-state index contributed by atoms with van der Waals surface area (Å²) in [5.74, 6) is -0.779. The molecule has 1 aliphatic rings. The first-order valence-electron chi connectivity index (χ1n) is 5.18. The maximum Gasteiger partial charge on any atom is 0.314 e. The van der Waals surface area contributed by atoms with E-state index in [-0.39, 0.29) is 0 Å². The summed E-state index contributed by atoms with van der Waals surface area (Å²) in [6.07, 6.45) is 2.28. The second-order valence-electron chi connectivity index (χ2n) is 4.18. The molecule has 1 aliphatic carbocycles. The summed E-state index contributed by atoms with van der Waals surface area (Å²) in [4.78, 5) is 11.3. The van der Waals surface area contributed by atoms with E-state index in [1.54, 1.807) is 18.2 Å². The monoisotopic (exact) mass is 286 g/mol. The van der Waals surface area contributed by atoms with E-state index in [1.807, 2.05) is 0 Å². The summed E-state index contributed by atoms with van der Waals surface area (Å²) in [6, 6.07) is 5.12. The van der Waals surface area contributed by atoms with Crippen molar-refractivity contribution in [1.82, 2.24) is 0 Å². The Morgan fingerprint density at radius 3 is 2.56 bits per heavy atom. The number of benzene rings is 1. The molecule has 1 saturated carbocycles. The van der Waals surface area contributed by atoms with Gasteiger partial charge in [0.25, 0.3) is 0 Å². The first-order chi connectivity index (χ1) is 7.60. The predicted octanol–water partition coefficient (Wildman–Crippen LogP) is 3.42. The SMILES string of the molecule is O=C(O)C1(c2ccc(CF)c(Br)c2)CCC1. The number of hydrogen-bond acceptors (Lipinski definition) is 1. The average Bonchev–Trinajstić information content (AvgIpc) is 2.15. The van der Waals surface area contributed by atoms with E-state index in [9.17, 15) is 14.3 Å². The number of hydrogen-bond donors (Lipinski definition) is 1. The Kier molecular flexibility index (Phi) is 3.02. The normalized spacial score (nSPS) is 17.9. The predicted molar refractivity (Wildman–Crippen MR) is 62.1 cm³/mol. The van der Waals surface area contributed by atoms with Crippen LogP contribution in [0, 0.1) is 0 Å². The van der Waals surface area contributed by atoms with Gasteiger partial charge in [-0.1, -0.05) is 34.5 Å². The molecule has 1 aromatic rings. The van der Waals surface area contributed by atoms with Gasteiger partial charge in [0.1, 0.15) is 6.67 Å². The lowest BCUT2D eigenvalue weighted by Crippen LogP contribution is -2.42. The molecular weight excluding hydrogens is 275 g/mol. The van der Waals surface area contributed by atoms with Crippen LogP contribution in [-0.2, 0) is 16.9 Å². The molecule has 0 atom stereocenters. The van der Waals surface area contributed by atoms with Gasteiger partial charge in [-0.15, -0.1) is 0 Å². The van der Waals surface area contributed by atoms with E-state index in [0.29, 0.717) is 22.9 Å². The third kappa shape index (κ3) is 1.65. The number of halogens is 2. The molecular formula is C12H12BrFO2. The van der Waals surface area contributed by atoms with Crippen LogP contribution < -0.4 is 0 Å². The molecule has 16 heavy (non-hydrogen) atoms. The van der Waals surface area contributed by atoms with Gasteiger partial charge in [-0.2, -0.15) is 0 Å². The summed E-state index contributed by atoms with van der Waals surface area (Å²) < 4.78 is 13.2. The van der Waals surface area contributed by atoms with Gasteiger partial charge in [0, 0.05) is 4.47 Å². The maximum atomic E-state index is 12.5. The molecule has 0 aliphatic heterocycles. The molecule has 86 valence electrons. The molecule has 0 heterocycles. The van der Waals surface area contributed by atoms with Gasteiger partial charge >= 0.3 is 5.97 Å². The van der Waals surface area contributed by atoms with Crippen molar-refractivity contribution in [2.45, 2.75) is 31.4 Å². The van der Waals surface area contributed by atoms with Crippen LogP contribution in [0.2, 0.25) is 0 Å². The molecule has 1 aromatic carbocycles. The van der Waals surface area contributed by atoms with Crippen LogP contribution in [0.4, 0.5) is 4.39 Å². The summed E-state index contributed by atoms with van der Waals surface area (Å²) in [7, 11) is 0. The summed E-state index contributed by atoms with van der Waals surface area (Å²) >= 11 is 3.27. The Balaban J connectivity index is 2.40. The minimum Gasteiger partial charge on any atom is -0.481 e. The number of aliphatic carboxylic acids is 1. The van der Waals surface area contributed by atoms with Crippen molar-refractivity contribution in [3.8, 4) is 0 Å². The Morgan fingerprint density at radius 2 is 2.19 bits per heavy atom. The standard InChI is InChI=1S/C12H12BrFO2/c13-10-6-9(3-2-8(10)7-14)12(11(15)16)4-1-5-12/h2-3,6H,1,4-5,7H2,(H,15,16). The highest BCUT2D eigenvalue weighted by atomic mass is 79.9.